The van der Waals surface area contributed by atoms with Gasteiger partial charge < -0.3 is 5.73 Å². The molecule has 106 valence electrons. The monoisotopic (exact) mass is 295 g/mol. The minimum atomic E-state index is -0.172. The molecule has 0 heterocycles. The first-order valence-corrected chi connectivity index (χ1v) is 7.45. The molecule has 3 rings (SSSR count). The van der Waals surface area contributed by atoms with Crippen LogP contribution in [-0.4, -0.2) is 0 Å². The van der Waals surface area contributed by atoms with Crippen LogP contribution >= 0.6 is 11.6 Å². The van der Waals surface area contributed by atoms with Crippen molar-refractivity contribution < 1.29 is 0 Å². The number of halogens is 1. The molecule has 2 N–H and O–H groups in total. The highest BCUT2D eigenvalue weighted by molar-refractivity contribution is 6.30. The zero-order valence-electron chi connectivity index (χ0n) is 12.2. The van der Waals surface area contributed by atoms with E-state index in [9.17, 15) is 0 Å². The predicted molar refractivity (Wildman–Crippen MR) is 90.9 cm³/mol. The largest absolute Gasteiger partial charge is 0.320 e. The SMILES string of the molecule is Cc1ccc(Cl)cc1C(N)c1ccc(C)c2ccccc12. The minimum absolute atomic E-state index is 0.172. The van der Waals surface area contributed by atoms with Crippen LogP contribution in [0.4, 0.5) is 0 Å². The molecular weight excluding hydrogens is 278 g/mol. The van der Waals surface area contributed by atoms with E-state index >= 15 is 0 Å². The summed E-state index contributed by atoms with van der Waals surface area (Å²) in [5.41, 5.74) is 11.2. The van der Waals surface area contributed by atoms with E-state index in [-0.39, 0.29) is 6.04 Å². The maximum absolute atomic E-state index is 6.54. The van der Waals surface area contributed by atoms with Crippen molar-refractivity contribution >= 4 is 22.4 Å². The summed E-state index contributed by atoms with van der Waals surface area (Å²) in [7, 11) is 0. The molecule has 0 bridgehead atoms. The second kappa shape index (κ2) is 5.51. The number of hydrogen-bond acceptors (Lipinski definition) is 1. The lowest BCUT2D eigenvalue weighted by Gasteiger charge is -2.18. The summed E-state index contributed by atoms with van der Waals surface area (Å²) in [4.78, 5) is 0. The smallest absolute Gasteiger partial charge is 0.0560 e. The van der Waals surface area contributed by atoms with Crippen LogP contribution in [0.1, 0.15) is 28.3 Å². The van der Waals surface area contributed by atoms with E-state index in [1.54, 1.807) is 0 Å². The van der Waals surface area contributed by atoms with Crippen molar-refractivity contribution in [2.75, 3.05) is 0 Å². The molecule has 2 heteroatoms. The molecule has 1 unspecified atom stereocenters. The summed E-state index contributed by atoms with van der Waals surface area (Å²) in [5, 5.41) is 3.19. The van der Waals surface area contributed by atoms with Crippen molar-refractivity contribution in [3.05, 3.63) is 81.9 Å². The fourth-order valence-corrected chi connectivity index (χ4v) is 3.04. The Morgan fingerprint density at radius 1 is 0.810 bits per heavy atom. The van der Waals surface area contributed by atoms with Gasteiger partial charge in [-0.25, -0.2) is 0 Å². The van der Waals surface area contributed by atoms with Crippen LogP contribution in [0.15, 0.2) is 54.6 Å². The van der Waals surface area contributed by atoms with E-state index < -0.39 is 0 Å². The Labute approximate surface area is 130 Å². The lowest BCUT2D eigenvalue weighted by molar-refractivity contribution is 0.870. The summed E-state index contributed by atoms with van der Waals surface area (Å²) in [6.45, 7) is 4.20. The number of nitrogens with two attached hydrogens (primary N) is 1. The Morgan fingerprint density at radius 2 is 1.48 bits per heavy atom. The zero-order valence-corrected chi connectivity index (χ0v) is 13.0. The van der Waals surface area contributed by atoms with Gasteiger partial charge in [-0.3, -0.25) is 0 Å². The third-order valence-electron chi connectivity index (χ3n) is 4.09. The van der Waals surface area contributed by atoms with Gasteiger partial charge in [-0.15, -0.1) is 0 Å². The van der Waals surface area contributed by atoms with Crippen LogP contribution in [0.2, 0.25) is 5.02 Å². The molecule has 0 aromatic heterocycles. The standard InChI is InChI=1S/C19H18ClN/c1-12-8-10-17(16-6-4-3-5-15(12)16)19(21)18-11-14(20)9-7-13(18)2/h3-11,19H,21H2,1-2H3. The summed E-state index contributed by atoms with van der Waals surface area (Å²) in [6, 6.07) is 18.4. The molecule has 1 nitrogen and oxygen atoms in total. The molecular formula is C19H18ClN. The highest BCUT2D eigenvalue weighted by atomic mass is 35.5. The summed E-state index contributed by atoms with van der Waals surface area (Å²) >= 11 is 6.14. The van der Waals surface area contributed by atoms with Crippen LogP contribution in [0.5, 0.6) is 0 Å². The Balaban J connectivity index is 2.20. The quantitative estimate of drug-likeness (QED) is 0.694. The summed E-state index contributed by atoms with van der Waals surface area (Å²) < 4.78 is 0. The van der Waals surface area contributed by atoms with Gasteiger partial charge in [0.2, 0.25) is 0 Å². The minimum Gasteiger partial charge on any atom is -0.320 e. The van der Waals surface area contributed by atoms with E-state index in [1.807, 2.05) is 18.2 Å². The maximum atomic E-state index is 6.54. The molecule has 0 spiro atoms. The molecule has 3 aromatic carbocycles. The molecule has 0 saturated carbocycles. The second-order valence-corrected chi connectivity index (χ2v) is 5.93. The maximum Gasteiger partial charge on any atom is 0.0560 e. The Kier molecular flexibility index (Phi) is 3.71. The van der Waals surface area contributed by atoms with Gasteiger partial charge >= 0.3 is 0 Å². The molecule has 0 aliphatic rings. The van der Waals surface area contributed by atoms with E-state index in [2.05, 4.69) is 50.2 Å². The first-order chi connectivity index (χ1) is 10.1. The Morgan fingerprint density at radius 3 is 2.24 bits per heavy atom. The molecule has 0 amide bonds. The van der Waals surface area contributed by atoms with Crippen LogP contribution in [0.25, 0.3) is 10.8 Å². The number of benzene rings is 3. The van der Waals surface area contributed by atoms with Crippen LogP contribution in [0.3, 0.4) is 0 Å². The van der Waals surface area contributed by atoms with Crippen molar-refractivity contribution in [3.63, 3.8) is 0 Å². The van der Waals surface area contributed by atoms with Crippen molar-refractivity contribution in [2.45, 2.75) is 19.9 Å². The van der Waals surface area contributed by atoms with Crippen LogP contribution < -0.4 is 5.73 Å². The third kappa shape index (κ3) is 2.55. The van der Waals surface area contributed by atoms with Gasteiger partial charge in [-0.1, -0.05) is 54.1 Å². The number of aryl methyl sites for hydroxylation is 2. The average Bonchev–Trinajstić information content (AvgIpc) is 2.50. The molecule has 0 aliphatic carbocycles. The Bertz CT molecular complexity index is 808. The van der Waals surface area contributed by atoms with Crippen LogP contribution in [-0.2, 0) is 0 Å². The van der Waals surface area contributed by atoms with Crippen molar-refractivity contribution in [2.24, 2.45) is 5.73 Å². The lowest BCUT2D eigenvalue weighted by Crippen LogP contribution is -2.14. The first-order valence-electron chi connectivity index (χ1n) is 7.08. The zero-order chi connectivity index (χ0) is 15.0. The van der Waals surface area contributed by atoms with E-state index in [1.165, 1.54) is 16.3 Å². The van der Waals surface area contributed by atoms with Gasteiger partial charge in [0.1, 0.15) is 0 Å². The molecule has 21 heavy (non-hydrogen) atoms. The number of hydrogen-bond donors (Lipinski definition) is 1. The summed E-state index contributed by atoms with van der Waals surface area (Å²) in [5.74, 6) is 0. The predicted octanol–water partition coefficient (Wildman–Crippen LogP) is 5.16. The number of fused-ring (bicyclic) bond motifs is 1. The summed E-state index contributed by atoms with van der Waals surface area (Å²) in [6.07, 6.45) is 0. The van der Waals surface area contributed by atoms with Crippen molar-refractivity contribution in [1.29, 1.82) is 0 Å². The van der Waals surface area contributed by atoms with Gasteiger partial charge in [0, 0.05) is 5.02 Å². The highest BCUT2D eigenvalue weighted by Gasteiger charge is 2.15. The fourth-order valence-electron chi connectivity index (χ4n) is 2.86. The van der Waals surface area contributed by atoms with Gasteiger partial charge in [0.15, 0.2) is 0 Å². The molecule has 0 radical (unpaired) electrons. The van der Waals surface area contributed by atoms with Gasteiger partial charge in [0.25, 0.3) is 0 Å². The van der Waals surface area contributed by atoms with Crippen molar-refractivity contribution in [3.8, 4) is 0 Å². The Hall–Kier alpha value is -1.83. The molecule has 1 atom stereocenters. The molecule has 0 saturated heterocycles. The first kappa shape index (κ1) is 14.1. The van der Waals surface area contributed by atoms with Gasteiger partial charge in [0.05, 0.1) is 6.04 Å². The average molecular weight is 296 g/mol. The normalized spacial score (nSPS) is 12.6. The van der Waals surface area contributed by atoms with E-state index in [0.29, 0.717) is 0 Å². The van der Waals surface area contributed by atoms with E-state index in [0.717, 1.165) is 21.7 Å². The van der Waals surface area contributed by atoms with Gasteiger partial charge in [-0.05, 0) is 59.0 Å². The highest BCUT2D eigenvalue weighted by Crippen LogP contribution is 2.31. The van der Waals surface area contributed by atoms with Crippen LogP contribution in [0, 0.1) is 13.8 Å². The fraction of sp³-hybridized carbons (Fsp3) is 0.158. The molecule has 0 aliphatic heterocycles. The van der Waals surface area contributed by atoms with E-state index in [4.69, 9.17) is 17.3 Å². The topological polar surface area (TPSA) is 26.0 Å². The molecule has 3 aromatic rings. The molecule has 0 fully saturated rings. The van der Waals surface area contributed by atoms with Gasteiger partial charge in [-0.2, -0.15) is 0 Å². The second-order valence-electron chi connectivity index (χ2n) is 5.50. The third-order valence-corrected chi connectivity index (χ3v) is 4.32. The lowest BCUT2D eigenvalue weighted by atomic mass is 9.90. The number of rotatable bonds is 2. The van der Waals surface area contributed by atoms with Crippen molar-refractivity contribution in [1.82, 2.24) is 0 Å².